The Labute approximate surface area is 226 Å². The first-order valence-corrected chi connectivity index (χ1v) is 16.7. The minimum absolute atomic E-state index is 0.200. The van der Waals surface area contributed by atoms with E-state index < -0.39 is 30.7 Å². The highest BCUT2D eigenvalue weighted by molar-refractivity contribution is 8.00. The lowest BCUT2D eigenvalue weighted by molar-refractivity contribution is 0.489. The van der Waals surface area contributed by atoms with E-state index in [1.807, 2.05) is 0 Å². The van der Waals surface area contributed by atoms with Crippen LogP contribution in [0.4, 0.5) is 0 Å². The lowest BCUT2D eigenvalue weighted by Crippen LogP contribution is -2.10. The normalized spacial score (nSPS) is 12.9. The molecule has 0 bridgehead atoms. The van der Waals surface area contributed by atoms with Crippen molar-refractivity contribution in [2.45, 2.75) is 62.9 Å². The van der Waals surface area contributed by atoms with E-state index in [1.165, 1.54) is 11.8 Å². The highest BCUT2D eigenvalue weighted by Gasteiger charge is 2.25. The number of thioether (sulfide) groups is 1. The third kappa shape index (κ3) is 11.6. The van der Waals surface area contributed by atoms with Gasteiger partial charge in [0.15, 0.2) is 0 Å². The number of para-hydroxylation sites is 2. The van der Waals surface area contributed by atoms with Crippen LogP contribution in [0.3, 0.4) is 0 Å². The summed E-state index contributed by atoms with van der Waals surface area (Å²) < 4.78 is 58.3. The van der Waals surface area contributed by atoms with Gasteiger partial charge in [0.05, 0.1) is 23.0 Å². The molecule has 0 N–H and O–H groups in total. The summed E-state index contributed by atoms with van der Waals surface area (Å²) in [5.74, 6) is 13.4. The molecular formula is C28H34O6S3. The Hall–Kier alpha value is -2.59. The van der Waals surface area contributed by atoms with Crippen LogP contribution in [0.25, 0.3) is 0 Å². The van der Waals surface area contributed by atoms with Crippen LogP contribution in [0, 0.1) is 23.7 Å². The van der Waals surface area contributed by atoms with Gasteiger partial charge in [0.25, 0.3) is 0 Å². The molecule has 0 saturated heterocycles. The van der Waals surface area contributed by atoms with E-state index in [9.17, 15) is 16.8 Å². The van der Waals surface area contributed by atoms with Crippen LogP contribution in [0.1, 0.15) is 74.0 Å². The van der Waals surface area contributed by atoms with Gasteiger partial charge in [0.2, 0.25) is 0 Å². The first kappa shape index (κ1) is 30.6. The molecule has 0 aliphatic carbocycles. The molecule has 2 aromatic rings. The molecule has 0 aliphatic rings. The van der Waals surface area contributed by atoms with E-state index in [-0.39, 0.29) is 11.5 Å². The third-order valence-electron chi connectivity index (χ3n) is 4.93. The molecule has 2 rings (SSSR count). The van der Waals surface area contributed by atoms with Crippen molar-refractivity contribution in [3.8, 4) is 35.2 Å². The average Bonchev–Trinajstić information content (AvgIpc) is 2.81. The molecular weight excluding hydrogens is 529 g/mol. The van der Waals surface area contributed by atoms with E-state index >= 15 is 0 Å². The number of rotatable bonds is 12. The summed E-state index contributed by atoms with van der Waals surface area (Å²) >= 11 is 1.40. The average molecular weight is 563 g/mol. The van der Waals surface area contributed by atoms with Crippen molar-refractivity contribution in [2.24, 2.45) is 0 Å². The second-order valence-electron chi connectivity index (χ2n) is 8.40. The van der Waals surface area contributed by atoms with Gasteiger partial charge >= 0.3 is 20.2 Å². The molecule has 0 heterocycles. The lowest BCUT2D eigenvalue weighted by atomic mass is 10.1. The molecule has 2 atom stereocenters. The number of hydrogen-bond acceptors (Lipinski definition) is 7. The van der Waals surface area contributed by atoms with E-state index in [4.69, 9.17) is 8.37 Å². The molecule has 200 valence electrons. The van der Waals surface area contributed by atoms with Gasteiger partial charge in [-0.25, -0.2) is 0 Å². The summed E-state index contributed by atoms with van der Waals surface area (Å²) in [6.07, 6.45) is 7.28. The van der Waals surface area contributed by atoms with Gasteiger partial charge < -0.3 is 8.37 Å². The van der Waals surface area contributed by atoms with Crippen molar-refractivity contribution in [1.82, 2.24) is 0 Å². The van der Waals surface area contributed by atoms with Gasteiger partial charge in [-0.05, 0) is 25.0 Å². The molecule has 0 fully saturated rings. The van der Waals surface area contributed by atoms with E-state index in [2.05, 4.69) is 37.5 Å². The predicted octanol–water partition coefficient (Wildman–Crippen LogP) is 6.27. The molecule has 0 amide bonds. The molecule has 9 heteroatoms. The van der Waals surface area contributed by atoms with Crippen LogP contribution in [0.15, 0.2) is 48.5 Å². The minimum atomic E-state index is -3.76. The minimum Gasteiger partial charge on any atom is -0.382 e. The number of unbranched alkanes of at least 4 members (excludes halogenated alkanes) is 4. The summed E-state index contributed by atoms with van der Waals surface area (Å²) in [7, 11) is -7.53. The van der Waals surface area contributed by atoms with Gasteiger partial charge in [0.1, 0.15) is 11.5 Å². The van der Waals surface area contributed by atoms with Crippen molar-refractivity contribution in [3.05, 3.63) is 59.7 Å². The summed E-state index contributed by atoms with van der Waals surface area (Å²) in [6, 6.07) is 13.8. The molecule has 0 aromatic heterocycles. The molecule has 0 aliphatic heterocycles. The van der Waals surface area contributed by atoms with Crippen molar-refractivity contribution in [2.75, 3.05) is 12.5 Å². The van der Waals surface area contributed by atoms with Gasteiger partial charge in [-0.2, -0.15) is 16.8 Å². The zero-order valence-corrected chi connectivity index (χ0v) is 24.1. The van der Waals surface area contributed by atoms with E-state index in [0.717, 1.165) is 38.2 Å². The summed E-state index contributed by atoms with van der Waals surface area (Å²) in [5.41, 5.74) is 1.20. The second kappa shape index (κ2) is 15.0. The van der Waals surface area contributed by atoms with Gasteiger partial charge in [-0.15, -0.1) is 23.6 Å². The van der Waals surface area contributed by atoms with Crippen LogP contribution in [0.2, 0.25) is 0 Å². The zero-order chi connectivity index (χ0) is 27.3. The summed E-state index contributed by atoms with van der Waals surface area (Å²) in [4.78, 5) is 0. The van der Waals surface area contributed by atoms with Gasteiger partial charge in [-0.3, -0.25) is 0 Å². The fourth-order valence-corrected chi connectivity index (χ4v) is 5.45. The maximum atomic E-state index is 11.9. The maximum absolute atomic E-state index is 11.9. The highest BCUT2D eigenvalue weighted by atomic mass is 32.2. The topological polar surface area (TPSA) is 86.7 Å². The van der Waals surface area contributed by atoms with Crippen LogP contribution in [0.5, 0.6) is 11.5 Å². The molecule has 0 spiro atoms. The van der Waals surface area contributed by atoms with Crippen molar-refractivity contribution < 1.29 is 25.2 Å². The molecule has 2 aromatic carbocycles. The van der Waals surface area contributed by atoms with Crippen molar-refractivity contribution in [3.63, 3.8) is 0 Å². The fourth-order valence-electron chi connectivity index (χ4n) is 3.24. The Kier molecular flexibility index (Phi) is 12.4. The Balaban J connectivity index is 2.60. The predicted molar refractivity (Wildman–Crippen MR) is 152 cm³/mol. The lowest BCUT2D eigenvalue weighted by Gasteiger charge is -2.20. The van der Waals surface area contributed by atoms with Crippen molar-refractivity contribution in [1.29, 1.82) is 0 Å². The quantitative estimate of drug-likeness (QED) is 0.171. The molecule has 2 unspecified atom stereocenters. The SMILES string of the molecule is CCCCC#CC(SC(C#CCCCC)c1ccccc1OS(C)(=O)=O)c1ccccc1OS(C)(=O)=O. The highest BCUT2D eigenvalue weighted by Crippen LogP contribution is 2.45. The number of benzene rings is 2. The second-order valence-corrected chi connectivity index (χ2v) is 12.8. The first-order valence-electron chi connectivity index (χ1n) is 12.1. The third-order valence-corrected chi connectivity index (χ3v) is 7.19. The van der Waals surface area contributed by atoms with E-state index in [1.54, 1.807) is 48.5 Å². The fraction of sp³-hybridized carbons (Fsp3) is 0.429. The Morgan fingerprint density at radius 3 is 1.43 bits per heavy atom. The van der Waals surface area contributed by atoms with E-state index in [0.29, 0.717) is 24.0 Å². The van der Waals surface area contributed by atoms with Crippen LogP contribution in [-0.2, 0) is 20.2 Å². The Morgan fingerprint density at radius 1 is 0.703 bits per heavy atom. The number of hydrogen-bond donors (Lipinski definition) is 0. The van der Waals surface area contributed by atoms with Gasteiger partial charge in [0, 0.05) is 24.0 Å². The summed E-state index contributed by atoms with van der Waals surface area (Å²) in [5, 5.41) is -0.988. The maximum Gasteiger partial charge on any atom is 0.306 e. The molecule has 0 radical (unpaired) electrons. The first-order chi connectivity index (χ1) is 17.5. The molecule has 0 saturated carbocycles. The zero-order valence-electron chi connectivity index (χ0n) is 21.7. The largest absolute Gasteiger partial charge is 0.382 e. The Morgan fingerprint density at radius 2 is 1.08 bits per heavy atom. The van der Waals surface area contributed by atoms with Crippen molar-refractivity contribution >= 4 is 32.0 Å². The molecule has 6 nitrogen and oxygen atoms in total. The van der Waals surface area contributed by atoms with Crippen LogP contribution < -0.4 is 8.37 Å². The smallest absolute Gasteiger partial charge is 0.306 e. The monoisotopic (exact) mass is 562 g/mol. The van der Waals surface area contributed by atoms with Crippen LogP contribution >= 0.6 is 11.8 Å². The summed E-state index contributed by atoms with van der Waals surface area (Å²) in [6.45, 7) is 4.17. The Bertz CT molecular complexity index is 1250. The van der Waals surface area contributed by atoms with Crippen LogP contribution in [-0.4, -0.2) is 29.3 Å². The standard InChI is InChI=1S/C28H34O6S3/c1-5-7-9-11-21-27(23-17-13-15-19-25(23)33-36(3,29)30)35-28(22-12-10-8-6-2)24-18-14-16-20-26(24)34-37(4,31)32/h13-20,27-28H,5-10H2,1-4H3. The van der Waals surface area contributed by atoms with Gasteiger partial charge in [-0.1, -0.05) is 74.9 Å². The molecule has 37 heavy (non-hydrogen) atoms.